The summed E-state index contributed by atoms with van der Waals surface area (Å²) in [5.41, 5.74) is 3.02. The van der Waals surface area contributed by atoms with Crippen LogP contribution in [0.4, 0.5) is 15.0 Å². The highest BCUT2D eigenvalue weighted by atomic mass is 19.1. The number of anilines is 1. The van der Waals surface area contributed by atoms with Gasteiger partial charge in [0.2, 0.25) is 0 Å². The van der Waals surface area contributed by atoms with Gasteiger partial charge in [-0.2, -0.15) is 0 Å². The molecule has 2 unspecified atom stereocenters. The zero-order valence-electron chi connectivity index (χ0n) is 19.0. The predicted octanol–water partition coefficient (Wildman–Crippen LogP) is 4.35. The van der Waals surface area contributed by atoms with E-state index in [1.54, 1.807) is 36.5 Å². The minimum absolute atomic E-state index is 0.129. The van der Waals surface area contributed by atoms with E-state index >= 15 is 0 Å². The Labute approximate surface area is 196 Å². The summed E-state index contributed by atoms with van der Waals surface area (Å²) < 4.78 is 14.2. The monoisotopic (exact) mass is 460 g/mol. The Hall–Kier alpha value is -3.94. The average Bonchev–Trinajstić information content (AvgIpc) is 3.07. The number of rotatable bonds is 6. The molecule has 2 amide bonds. The van der Waals surface area contributed by atoms with E-state index in [1.165, 1.54) is 18.3 Å². The molecule has 8 heteroatoms. The highest BCUT2D eigenvalue weighted by Crippen LogP contribution is 2.38. The Kier molecular flexibility index (Phi) is 6.77. The van der Waals surface area contributed by atoms with Crippen molar-refractivity contribution in [2.45, 2.75) is 32.6 Å². The topological polar surface area (TPSA) is 101 Å². The van der Waals surface area contributed by atoms with Crippen molar-refractivity contribution in [3.63, 3.8) is 0 Å². The van der Waals surface area contributed by atoms with Crippen LogP contribution in [0.15, 0.2) is 54.9 Å². The van der Waals surface area contributed by atoms with Crippen LogP contribution < -0.4 is 10.6 Å². The Balaban J connectivity index is 1.43. The molecule has 34 heavy (non-hydrogen) atoms. The van der Waals surface area contributed by atoms with Gasteiger partial charge in [-0.3, -0.25) is 19.9 Å². The number of Topliss-reactive ketones (excluding diaryl/α,β-unsaturated/α-hetero) is 2. The molecule has 1 saturated carbocycles. The predicted molar refractivity (Wildman–Crippen MR) is 126 cm³/mol. The molecule has 2 N–H and O–H groups in total. The molecule has 0 aliphatic heterocycles. The number of aromatic nitrogens is 2. The van der Waals surface area contributed by atoms with E-state index in [9.17, 15) is 18.8 Å². The number of urea groups is 1. The number of ketones is 2. The number of nitrogens with zero attached hydrogens (tertiary/aromatic N) is 2. The molecule has 2 heterocycles. The Bertz CT molecular complexity index is 1220. The van der Waals surface area contributed by atoms with Crippen LogP contribution in [-0.4, -0.2) is 34.1 Å². The van der Waals surface area contributed by atoms with Crippen LogP contribution in [0.25, 0.3) is 11.3 Å². The van der Waals surface area contributed by atoms with Crippen molar-refractivity contribution >= 4 is 23.4 Å². The summed E-state index contributed by atoms with van der Waals surface area (Å²) in [5, 5.41) is 5.32. The van der Waals surface area contributed by atoms with Crippen molar-refractivity contribution in [3.8, 4) is 11.3 Å². The number of benzene rings is 1. The van der Waals surface area contributed by atoms with E-state index in [0.29, 0.717) is 23.4 Å². The lowest BCUT2D eigenvalue weighted by Gasteiger charge is -2.17. The van der Waals surface area contributed by atoms with Crippen molar-refractivity contribution < 1.29 is 18.8 Å². The van der Waals surface area contributed by atoms with Crippen molar-refractivity contribution in [2.24, 2.45) is 5.92 Å². The van der Waals surface area contributed by atoms with Crippen LogP contribution in [0.5, 0.6) is 0 Å². The summed E-state index contributed by atoms with van der Waals surface area (Å²) in [7, 11) is 0. The fourth-order valence-corrected chi connectivity index (χ4v) is 4.53. The third-order valence-electron chi connectivity index (χ3n) is 6.06. The van der Waals surface area contributed by atoms with Gasteiger partial charge in [0.25, 0.3) is 0 Å². The van der Waals surface area contributed by atoms with Gasteiger partial charge in [0.05, 0.1) is 0 Å². The first-order valence-corrected chi connectivity index (χ1v) is 11.1. The van der Waals surface area contributed by atoms with Gasteiger partial charge in [-0.15, -0.1) is 0 Å². The highest BCUT2D eigenvalue weighted by molar-refractivity contribution is 6.15. The molecule has 174 valence electrons. The summed E-state index contributed by atoms with van der Waals surface area (Å²) in [5.74, 6) is -1.57. The zero-order valence-corrected chi connectivity index (χ0v) is 19.0. The number of nitrogens with one attached hydrogen (secondary N) is 2. The first kappa shape index (κ1) is 23.2. The molecule has 1 fully saturated rings. The van der Waals surface area contributed by atoms with E-state index in [4.69, 9.17) is 0 Å². The normalized spacial score (nSPS) is 17.6. The van der Waals surface area contributed by atoms with Crippen molar-refractivity contribution in [3.05, 3.63) is 77.4 Å². The van der Waals surface area contributed by atoms with Crippen LogP contribution in [0.1, 0.15) is 35.4 Å². The second kappa shape index (κ2) is 9.91. The van der Waals surface area contributed by atoms with Gasteiger partial charge in [-0.1, -0.05) is 6.07 Å². The molecule has 1 aliphatic carbocycles. The van der Waals surface area contributed by atoms with Gasteiger partial charge in [0, 0.05) is 36.8 Å². The van der Waals surface area contributed by atoms with Crippen molar-refractivity contribution in [1.29, 1.82) is 0 Å². The number of hydrogen-bond donors (Lipinski definition) is 2. The van der Waals surface area contributed by atoms with Crippen LogP contribution in [0.3, 0.4) is 0 Å². The number of hydrogen-bond acceptors (Lipinski definition) is 5. The van der Waals surface area contributed by atoms with E-state index in [0.717, 1.165) is 11.1 Å². The number of aryl methyl sites for hydroxylation is 2. The maximum atomic E-state index is 14.2. The molecule has 2 atom stereocenters. The number of amides is 2. The fourth-order valence-electron chi connectivity index (χ4n) is 4.53. The van der Waals surface area contributed by atoms with Crippen LogP contribution >= 0.6 is 0 Å². The number of carbonyl (C=O) groups excluding carboxylic acids is 3. The summed E-state index contributed by atoms with van der Waals surface area (Å²) >= 11 is 0. The lowest BCUT2D eigenvalue weighted by molar-refractivity contribution is -0.124. The largest absolute Gasteiger partial charge is 0.338 e. The third kappa shape index (κ3) is 4.85. The van der Waals surface area contributed by atoms with Gasteiger partial charge in [-0.25, -0.2) is 14.2 Å². The Morgan fingerprint density at radius 1 is 1.06 bits per heavy atom. The zero-order chi connectivity index (χ0) is 24.2. The second-order valence-corrected chi connectivity index (χ2v) is 8.44. The number of pyridine rings is 2. The SMILES string of the molecule is Cc1cc(-c2ncccc2F)cc(C)c1C1C(=O)CC(CCNC(=O)Nc2ccccn2)C1=O. The van der Waals surface area contributed by atoms with Crippen LogP contribution in [0, 0.1) is 25.6 Å². The molecule has 7 nitrogen and oxygen atoms in total. The van der Waals surface area contributed by atoms with Gasteiger partial charge in [0.15, 0.2) is 5.78 Å². The van der Waals surface area contributed by atoms with E-state index in [-0.39, 0.29) is 30.2 Å². The van der Waals surface area contributed by atoms with Gasteiger partial charge in [0.1, 0.15) is 29.0 Å². The molecule has 1 aliphatic rings. The third-order valence-corrected chi connectivity index (χ3v) is 6.06. The molecular weight excluding hydrogens is 435 g/mol. The quantitative estimate of drug-likeness (QED) is 0.533. The van der Waals surface area contributed by atoms with Gasteiger partial charge in [-0.05, 0) is 73.4 Å². The molecule has 2 aromatic heterocycles. The average molecular weight is 461 g/mol. The smallest absolute Gasteiger partial charge is 0.320 e. The van der Waals surface area contributed by atoms with Gasteiger partial charge < -0.3 is 5.32 Å². The van der Waals surface area contributed by atoms with E-state index < -0.39 is 23.7 Å². The maximum absolute atomic E-state index is 14.2. The fraction of sp³-hybridized carbons (Fsp3) is 0.269. The summed E-state index contributed by atoms with van der Waals surface area (Å²) in [4.78, 5) is 46.2. The molecule has 1 aromatic carbocycles. The molecule has 4 rings (SSSR count). The summed E-state index contributed by atoms with van der Waals surface area (Å²) in [6.07, 6.45) is 3.60. The lowest BCUT2D eigenvalue weighted by atomic mass is 9.85. The van der Waals surface area contributed by atoms with Crippen molar-refractivity contribution in [1.82, 2.24) is 15.3 Å². The minimum Gasteiger partial charge on any atom is -0.338 e. The molecule has 3 aromatic rings. The first-order valence-electron chi connectivity index (χ1n) is 11.1. The Morgan fingerprint density at radius 2 is 1.79 bits per heavy atom. The number of carbonyl (C=O) groups is 3. The van der Waals surface area contributed by atoms with Gasteiger partial charge >= 0.3 is 6.03 Å². The standard InChI is InChI=1S/C26H25FN4O3/c1-15-12-18(24-19(27)6-5-10-29-24)13-16(2)22(15)23-20(32)14-17(25(23)33)8-11-30-26(34)31-21-7-3-4-9-28-21/h3-7,9-10,12-13,17,23H,8,11,14H2,1-2H3,(H2,28,30,31,34). The van der Waals surface area contributed by atoms with Crippen LogP contribution in [-0.2, 0) is 9.59 Å². The second-order valence-electron chi connectivity index (χ2n) is 8.44. The minimum atomic E-state index is -0.838. The van der Waals surface area contributed by atoms with E-state index in [2.05, 4.69) is 20.6 Å². The highest BCUT2D eigenvalue weighted by Gasteiger charge is 2.42. The molecule has 0 bridgehead atoms. The number of halogens is 1. The molecule has 0 saturated heterocycles. The van der Waals surface area contributed by atoms with Crippen LogP contribution in [0.2, 0.25) is 0 Å². The molecule has 0 radical (unpaired) electrons. The summed E-state index contributed by atoms with van der Waals surface area (Å²) in [6, 6.07) is 11.2. The lowest BCUT2D eigenvalue weighted by Crippen LogP contribution is -2.31. The van der Waals surface area contributed by atoms with Crippen molar-refractivity contribution in [2.75, 3.05) is 11.9 Å². The summed E-state index contributed by atoms with van der Waals surface area (Å²) in [6.45, 7) is 3.90. The van der Waals surface area contributed by atoms with E-state index in [1.807, 2.05) is 13.8 Å². The maximum Gasteiger partial charge on any atom is 0.320 e. The first-order chi connectivity index (χ1) is 16.3. The molecule has 0 spiro atoms. The molecular formula is C26H25FN4O3. The Morgan fingerprint density at radius 3 is 2.47 bits per heavy atom.